The smallest absolute Gasteiger partial charge is 0.338 e. The van der Waals surface area contributed by atoms with Gasteiger partial charge in [0.1, 0.15) is 0 Å². The van der Waals surface area contributed by atoms with Crippen LogP contribution < -0.4 is 4.72 Å². The molecule has 0 radical (unpaired) electrons. The molecule has 0 saturated carbocycles. The first-order chi connectivity index (χ1) is 11.6. The fourth-order valence-electron chi connectivity index (χ4n) is 2.45. The summed E-state index contributed by atoms with van der Waals surface area (Å²) < 4.78 is 32.1. The molecule has 0 aliphatic carbocycles. The molecule has 0 heterocycles. The van der Waals surface area contributed by atoms with Crippen LogP contribution >= 0.6 is 0 Å². The highest BCUT2D eigenvalue weighted by molar-refractivity contribution is 7.89. The Hall–Kier alpha value is -2.18. The lowest BCUT2D eigenvalue weighted by atomic mass is 10.00. The van der Waals surface area contributed by atoms with Crippen molar-refractivity contribution in [2.75, 3.05) is 7.11 Å². The highest BCUT2D eigenvalue weighted by atomic mass is 32.2. The van der Waals surface area contributed by atoms with Gasteiger partial charge < -0.3 is 4.74 Å². The zero-order valence-corrected chi connectivity index (χ0v) is 15.7. The third-order valence-corrected chi connectivity index (χ3v) is 5.27. The first kappa shape index (κ1) is 19.1. The van der Waals surface area contributed by atoms with E-state index in [-0.39, 0.29) is 10.9 Å². The summed E-state index contributed by atoms with van der Waals surface area (Å²) in [5, 5.41) is 0. The number of ether oxygens (including phenoxy) is 1. The lowest BCUT2D eigenvalue weighted by Gasteiger charge is -2.20. The van der Waals surface area contributed by atoms with Gasteiger partial charge in [0.05, 0.1) is 17.6 Å². The third-order valence-electron chi connectivity index (χ3n) is 3.49. The average Bonchev–Trinajstić information content (AvgIpc) is 2.53. The minimum Gasteiger partial charge on any atom is -0.465 e. The Kier molecular flexibility index (Phi) is 5.65. The Morgan fingerprint density at radius 3 is 2.20 bits per heavy atom. The zero-order valence-electron chi connectivity index (χ0n) is 14.9. The molecule has 2 aromatic rings. The van der Waals surface area contributed by atoms with E-state index in [4.69, 9.17) is 4.74 Å². The summed E-state index contributed by atoms with van der Waals surface area (Å²) >= 11 is 0. The van der Waals surface area contributed by atoms with Crippen LogP contribution in [0.5, 0.6) is 0 Å². The molecule has 0 unspecified atom stereocenters. The summed E-state index contributed by atoms with van der Waals surface area (Å²) in [6.07, 6.45) is 0.512. The van der Waals surface area contributed by atoms with E-state index in [0.717, 1.165) is 11.1 Å². The van der Waals surface area contributed by atoms with Crippen LogP contribution in [0.25, 0.3) is 0 Å². The molecule has 0 aliphatic rings. The van der Waals surface area contributed by atoms with Gasteiger partial charge >= 0.3 is 5.97 Å². The van der Waals surface area contributed by atoms with E-state index in [9.17, 15) is 13.2 Å². The van der Waals surface area contributed by atoms with Crippen molar-refractivity contribution in [1.82, 2.24) is 4.72 Å². The Bertz CT molecular complexity index is 850. The molecule has 0 aliphatic heterocycles. The molecule has 0 aromatic heterocycles. The first-order valence-corrected chi connectivity index (χ1v) is 9.40. The number of sulfonamides is 1. The number of benzene rings is 2. The fraction of sp³-hybridized carbons (Fsp3) is 0.316. The second-order valence-corrected chi connectivity index (χ2v) is 8.51. The summed E-state index contributed by atoms with van der Waals surface area (Å²) in [6.45, 7) is 5.38. The molecule has 6 heteroatoms. The van der Waals surface area contributed by atoms with Crippen molar-refractivity contribution in [3.05, 3.63) is 65.2 Å². The number of carbonyl (C=O) groups excluding carboxylic acids is 1. The highest BCUT2D eigenvalue weighted by Gasteiger charge is 2.21. The summed E-state index contributed by atoms with van der Waals surface area (Å²) in [6, 6.07) is 13.9. The Balaban J connectivity index is 2.24. The molecule has 0 fully saturated rings. The van der Waals surface area contributed by atoms with E-state index < -0.39 is 15.6 Å². The van der Waals surface area contributed by atoms with Crippen LogP contribution in [0.1, 0.15) is 42.3 Å². The maximum Gasteiger partial charge on any atom is 0.338 e. The second kappa shape index (κ2) is 7.37. The van der Waals surface area contributed by atoms with Crippen molar-refractivity contribution in [1.29, 1.82) is 0 Å². The van der Waals surface area contributed by atoms with Crippen molar-refractivity contribution < 1.29 is 17.9 Å². The quantitative estimate of drug-likeness (QED) is 0.831. The van der Waals surface area contributed by atoms with Crippen LogP contribution in [0, 0.1) is 0 Å². The van der Waals surface area contributed by atoms with Gasteiger partial charge in [0, 0.05) is 5.54 Å². The highest BCUT2D eigenvalue weighted by Crippen LogP contribution is 2.18. The molecule has 134 valence electrons. The SMILES string of the molecule is COC(=O)c1ccccc1Cc1ccc(S(=O)(=O)NC(C)(C)C)cc1. The summed E-state index contributed by atoms with van der Waals surface area (Å²) in [5.74, 6) is -0.385. The van der Waals surface area contributed by atoms with Crippen molar-refractivity contribution in [3.63, 3.8) is 0 Å². The maximum atomic E-state index is 12.3. The lowest BCUT2D eigenvalue weighted by Crippen LogP contribution is -2.40. The summed E-state index contributed by atoms with van der Waals surface area (Å²) in [4.78, 5) is 12.0. The topological polar surface area (TPSA) is 72.5 Å². The second-order valence-electron chi connectivity index (χ2n) is 6.82. The van der Waals surface area contributed by atoms with Gasteiger partial charge in [-0.2, -0.15) is 0 Å². The first-order valence-electron chi connectivity index (χ1n) is 7.91. The van der Waals surface area contributed by atoms with Crippen LogP contribution in [0.3, 0.4) is 0 Å². The molecule has 0 saturated heterocycles. The fourth-order valence-corrected chi connectivity index (χ4v) is 3.87. The Morgan fingerprint density at radius 2 is 1.64 bits per heavy atom. The van der Waals surface area contributed by atoms with Gasteiger partial charge in [0.15, 0.2) is 0 Å². The minimum absolute atomic E-state index is 0.215. The van der Waals surface area contributed by atoms with Gasteiger partial charge in [-0.05, 0) is 56.5 Å². The van der Waals surface area contributed by atoms with Gasteiger partial charge in [-0.1, -0.05) is 30.3 Å². The van der Waals surface area contributed by atoms with Crippen LogP contribution in [-0.2, 0) is 21.2 Å². The molecule has 2 rings (SSSR count). The molecule has 25 heavy (non-hydrogen) atoms. The number of nitrogens with one attached hydrogen (secondary N) is 1. The number of methoxy groups -OCH3 is 1. The van der Waals surface area contributed by atoms with Crippen LogP contribution in [0.15, 0.2) is 53.4 Å². The molecule has 5 nitrogen and oxygen atoms in total. The van der Waals surface area contributed by atoms with Crippen LogP contribution in [-0.4, -0.2) is 27.0 Å². The van der Waals surface area contributed by atoms with Crippen molar-refractivity contribution in [2.45, 2.75) is 37.6 Å². The minimum atomic E-state index is -3.56. The number of carbonyl (C=O) groups is 1. The molecule has 0 amide bonds. The van der Waals surface area contributed by atoms with Gasteiger partial charge in [-0.15, -0.1) is 0 Å². The Morgan fingerprint density at radius 1 is 1.04 bits per heavy atom. The van der Waals surface area contributed by atoms with E-state index in [1.54, 1.807) is 57.2 Å². The van der Waals surface area contributed by atoms with E-state index in [1.165, 1.54) is 7.11 Å². The number of rotatable bonds is 5. The monoisotopic (exact) mass is 361 g/mol. The van der Waals surface area contributed by atoms with Crippen molar-refractivity contribution in [3.8, 4) is 0 Å². The Labute approximate surface area is 149 Å². The molecule has 2 aromatic carbocycles. The predicted octanol–water partition coefficient (Wildman–Crippen LogP) is 3.14. The van der Waals surface area contributed by atoms with Crippen LogP contribution in [0.4, 0.5) is 0 Å². The van der Waals surface area contributed by atoms with Gasteiger partial charge in [-0.3, -0.25) is 0 Å². The molecule has 1 N–H and O–H groups in total. The zero-order chi connectivity index (χ0) is 18.7. The van der Waals surface area contributed by atoms with Crippen molar-refractivity contribution in [2.24, 2.45) is 0 Å². The number of esters is 1. The molecule has 0 spiro atoms. The molecule has 0 atom stereocenters. The lowest BCUT2D eigenvalue weighted by molar-refractivity contribution is 0.0599. The normalized spacial score (nSPS) is 12.0. The van der Waals surface area contributed by atoms with E-state index in [2.05, 4.69) is 4.72 Å². The van der Waals surface area contributed by atoms with E-state index in [0.29, 0.717) is 12.0 Å². The standard InChI is InChI=1S/C19H23NO4S/c1-19(2,3)20-25(22,23)16-11-9-14(10-12-16)13-15-7-5-6-8-17(15)18(21)24-4/h5-12,20H,13H2,1-4H3. The van der Waals surface area contributed by atoms with E-state index >= 15 is 0 Å². The van der Waals surface area contributed by atoms with Crippen LogP contribution in [0.2, 0.25) is 0 Å². The summed E-state index contributed by atoms with van der Waals surface area (Å²) in [7, 11) is -2.21. The molecule has 0 bridgehead atoms. The average molecular weight is 361 g/mol. The predicted molar refractivity (Wildman–Crippen MR) is 97.1 cm³/mol. The number of hydrogen-bond donors (Lipinski definition) is 1. The van der Waals surface area contributed by atoms with Gasteiger partial charge in [0.25, 0.3) is 0 Å². The maximum absolute atomic E-state index is 12.3. The van der Waals surface area contributed by atoms with Crippen molar-refractivity contribution >= 4 is 16.0 Å². The molecular weight excluding hydrogens is 338 g/mol. The van der Waals surface area contributed by atoms with Gasteiger partial charge in [-0.25, -0.2) is 17.9 Å². The van der Waals surface area contributed by atoms with Gasteiger partial charge in [0.2, 0.25) is 10.0 Å². The third kappa shape index (κ3) is 5.14. The summed E-state index contributed by atoms with van der Waals surface area (Å²) in [5.41, 5.74) is 1.71. The largest absolute Gasteiger partial charge is 0.465 e. The molecular formula is C19H23NO4S. The number of hydrogen-bond acceptors (Lipinski definition) is 4. The van der Waals surface area contributed by atoms with E-state index in [1.807, 2.05) is 12.1 Å².